The molecule has 7 aliphatic rings. The Morgan fingerprint density at radius 1 is 1.05 bits per heavy atom. The van der Waals surface area contributed by atoms with Crippen molar-refractivity contribution in [2.45, 2.75) is 94.7 Å². The van der Waals surface area contributed by atoms with Gasteiger partial charge in [0, 0.05) is 86.3 Å². The number of allylic oxidation sites excluding steroid dienone is 1. The second-order valence-electron chi connectivity index (χ2n) is 18.2. The van der Waals surface area contributed by atoms with E-state index in [2.05, 4.69) is 52.9 Å². The molecule has 12 atom stereocenters. The van der Waals surface area contributed by atoms with E-state index in [9.17, 15) is 20.0 Å². The van der Waals surface area contributed by atoms with Gasteiger partial charge in [-0.05, 0) is 86.0 Å². The van der Waals surface area contributed by atoms with Crippen LogP contribution in [0.3, 0.4) is 0 Å². The van der Waals surface area contributed by atoms with Crippen molar-refractivity contribution in [2.75, 3.05) is 54.6 Å². The number of hydrogen-bond acceptors (Lipinski definition) is 12. The standard InChI is InChI=1S/C46H57N5O8/c1-8-26-16-28-20-45(42(53)57-6,38-31(24-50(22-26)23-28)30-17-27(21-47)10-11-34(30)48-38)33-18-32-35(19-36(33)56-5)49(4)41-44(32)13-15-51-14-12-29(9-2)37(39(44)51)40(59-25(3)52)46(41,55)43(54)58-7/h10-11,16-19,28-29,33,36-37,39-41,48,55H,8-9,12-15,20,22-24H2,1-7H3/t28-,29+,33?,36?,37?,39+,40-,41-,44-,45+,46-/m1/s1. The molecular weight excluding hydrogens is 751 g/mol. The van der Waals surface area contributed by atoms with E-state index < -0.39 is 52.5 Å². The Morgan fingerprint density at radius 3 is 2.51 bits per heavy atom. The molecule has 3 saturated heterocycles. The molecule has 1 saturated carbocycles. The lowest BCUT2D eigenvalue weighted by Crippen LogP contribution is -2.77. The highest BCUT2D eigenvalue weighted by Crippen LogP contribution is 2.68. The molecule has 9 rings (SSSR count). The lowest BCUT2D eigenvalue weighted by Gasteiger charge is -2.61. The SMILES string of the molecule is CCC1=C[C@H]2CN(C1)Cc1c([nH]c3ccc(C#N)cc13)[C@@](C(=O)OC)(C1C=C3C(=CC1OC)N(C)[C@H]1[C@@](O)(C(=O)OC)[C@H](OC(C)=O)C4[C@@H](CC)CCN5CC[C@]31[C@H]45)C2. The summed E-state index contributed by atoms with van der Waals surface area (Å²) in [5.41, 5.74) is 1.90. The number of ether oxygens (including phenoxy) is 4. The average molecular weight is 808 g/mol. The number of rotatable bonds is 7. The second-order valence-corrected chi connectivity index (χ2v) is 18.2. The number of nitrogens with zero attached hydrogens (tertiary/aromatic N) is 4. The van der Waals surface area contributed by atoms with E-state index in [0.29, 0.717) is 24.9 Å². The minimum Gasteiger partial charge on any atom is -0.468 e. The van der Waals surface area contributed by atoms with Gasteiger partial charge in [-0.1, -0.05) is 38.0 Å². The van der Waals surface area contributed by atoms with Gasteiger partial charge in [-0.25, -0.2) is 4.79 Å². The molecule has 1 spiro atoms. The number of fused-ring (bicyclic) bond motifs is 6. The number of nitrogens with one attached hydrogen (secondary N) is 1. The molecule has 0 radical (unpaired) electrons. The fourth-order valence-electron chi connectivity index (χ4n) is 13.6. The number of likely N-dealkylation sites (N-methyl/N-ethyl adjacent to an activating group) is 1. The van der Waals surface area contributed by atoms with E-state index in [-0.39, 0.29) is 29.8 Å². The van der Waals surface area contributed by atoms with E-state index in [1.54, 1.807) is 13.2 Å². The van der Waals surface area contributed by atoms with Gasteiger partial charge in [-0.3, -0.25) is 19.4 Å². The zero-order chi connectivity index (χ0) is 41.8. The molecule has 2 aliphatic carbocycles. The summed E-state index contributed by atoms with van der Waals surface area (Å²) in [5, 5.41) is 24.2. The van der Waals surface area contributed by atoms with Crippen LogP contribution < -0.4 is 0 Å². The van der Waals surface area contributed by atoms with Crippen molar-refractivity contribution in [1.82, 2.24) is 19.7 Å². The maximum absolute atomic E-state index is 15.3. The summed E-state index contributed by atoms with van der Waals surface area (Å²) in [6.45, 7) is 9.36. The van der Waals surface area contributed by atoms with Gasteiger partial charge < -0.3 is 33.9 Å². The summed E-state index contributed by atoms with van der Waals surface area (Å²) >= 11 is 0. The van der Waals surface area contributed by atoms with Crippen LogP contribution in [0.4, 0.5) is 0 Å². The third-order valence-electron chi connectivity index (χ3n) is 15.7. The lowest BCUT2D eigenvalue weighted by molar-refractivity contribution is -0.238. The molecular formula is C46H57N5O8. The minimum atomic E-state index is -2.22. The van der Waals surface area contributed by atoms with Crippen molar-refractivity contribution in [3.8, 4) is 6.07 Å². The molecule has 0 amide bonds. The topological polar surface area (TPSA) is 158 Å². The first-order valence-corrected chi connectivity index (χ1v) is 21.3. The molecule has 314 valence electrons. The fraction of sp³-hybridized carbons (Fsp3) is 0.609. The van der Waals surface area contributed by atoms with E-state index in [0.717, 1.165) is 78.9 Å². The summed E-state index contributed by atoms with van der Waals surface area (Å²) in [4.78, 5) is 53.2. The quantitative estimate of drug-likeness (QED) is 0.232. The maximum Gasteiger partial charge on any atom is 0.344 e. The molecule has 59 heavy (non-hydrogen) atoms. The highest BCUT2D eigenvalue weighted by Gasteiger charge is 2.79. The molecule has 2 aromatic rings. The summed E-state index contributed by atoms with van der Waals surface area (Å²) in [6, 6.07) is 6.92. The summed E-state index contributed by atoms with van der Waals surface area (Å²) < 4.78 is 24.0. The molecule has 13 nitrogen and oxygen atoms in total. The highest BCUT2D eigenvalue weighted by atomic mass is 16.6. The molecule has 2 N–H and O–H groups in total. The Kier molecular flexibility index (Phi) is 9.70. The fourth-order valence-corrected chi connectivity index (χ4v) is 13.6. The Morgan fingerprint density at radius 2 is 1.83 bits per heavy atom. The molecule has 1 aromatic carbocycles. The predicted molar refractivity (Wildman–Crippen MR) is 217 cm³/mol. The largest absolute Gasteiger partial charge is 0.468 e. The number of carbonyl (C=O) groups is 3. The molecule has 2 bridgehead atoms. The summed E-state index contributed by atoms with van der Waals surface area (Å²) in [6.07, 6.45) is 8.47. The number of hydrogen-bond donors (Lipinski definition) is 2. The van der Waals surface area contributed by atoms with E-state index in [1.807, 2.05) is 24.1 Å². The van der Waals surface area contributed by atoms with Crippen LogP contribution in [-0.2, 0) is 45.3 Å². The van der Waals surface area contributed by atoms with Crippen molar-refractivity contribution in [2.24, 2.45) is 29.1 Å². The monoisotopic (exact) mass is 807 g/mol. The van der Waals surface area contributed by atoms with Crippen molar-refractivity contribution in [1.29, 1.82) is 5.26 Å². The van der Waals surface area contributed by atoms with Gasteiger partial charge in [-0.2, -0.15) is 5.26 Å². The predicted octanol–water partition coefficient (Wildman–Crippen LogP) is 4.35. The zero-order valence-electron chi connectivity index (χ0n) is 35.2. The van der Waals surface area contributed by atoms with Gasteiger partial charge in [0.1, 0.15) is 11.5 Å². The normalized spacial score (nSPS) is 38.3. The maximum atomic E-state index is 15.3. The Labute approximate surface area is 345 Å². The van der Waals surface area contributed by atoms with Gasteiger partial charge in [0.25, 0.3) is 0 Å². The number of benzene rings is 1. The first-order chi connectivity index (χ1) is 28.3. The van der Waals surface area contributed by atoms with Gasteiger partial charge in [-0.15, -0.1) is 0 Å². The van der Waals surface area contributed by atoms with Gasteiger partial charge in [0.15, 0.2) is 0 Å². The van der Waals surface area contributed by atoms with Crippen LogP contribution in [0, 0.1) is 40.4 Å². The number of H-pyrrole nitrogens is 1. The molecule has 13 heteroatoms. The van der Waals surface area contributed by atoms with Crippen LogP contribution in [-0.4, -0.2) is 127 Å². The Bertz CT molecular complexity index is 2240. The number of aliphatic hydroxyl groups is 1. The average Bonchev–Trinajstić information content (AvgIpc) is 3.88. The number of likely N-dealkylation sites (tertiary alicyclic amines) is 1. The Balaban J connectivity index is 1.33. The van der Waals surface area contributed by atoms with Crippen LogP contribution in [0.25, 0.3) is 10.9 Å². The number of nitriles is 1. The van der Waals surface area contributed by atoms with Crippen LogP contribution in [0.2, 0.25) is 0 Å². The number of esters is 3. The zero-order valence-corrected chi connectivity index (χ0v) is 35.2. The van der Waals surface area contributed by atoms with Gasteiger partial charge in [0.05, 0.1) is 38.0 Å². The van der Waals surface area contributed by atoms with Crippen molar-refractivity contribution in [3.05, 3.63) is 70.1 Å². The molecule has 6 heterocycles. The first-order valence-electron chi connectivity index (χ1n) is 21.3. The number of carbonyl (C=O) groups excluding carboxylic acids is 3. The molecule has 4 fully saturated rings. The van der Waals surface area contributed by atoms with Crippen molar-refractivity contribution >= 4 is 28.8 Å². The third-order valence-corrected chi connectivity index (χ3v) is 15.7. The highest BCUT2D eigenvalue weighted by molar-refractivity contribution is 5.92. The third kappa shape index (κ3) is 5.38. The molecule has 5 aliphatic heterocycles. The van der Waals surface area contributed by atoms with Crippen LogP contribution >= 0.6 is 0 Å². The Hall–Kier alpha value is -4.48. The van der Waals surface area contributed by atoms with Gasteiger partial charge in [0.2, 0.25) is 5.60 Å². The minimum absolute atomic E-state index is 0.0177. The van der Waals surface area contributed by atoms with Crippen molar-refractivity contribution in [3.63, 3.8) is 0 Å². The van der Waals surface area contributed by atoms with E-state index in [4.69, 9.17) is 18.9 Å². The number of piperidine rings is 1. The van der Waals surface area contributed by atoms with Crippen LogP contribution in [0.5, 0.6) is 0 Å². The van der Waals surface area contributed by atoms with Crippen molar-refractivity contribution < 1.29 is 38.4 Å². The lowest BCUT2D eigenvalue weighted by atomic mass is 9.50. The molecule has 1 aromatic heterocycles. The van der Waals surface area contributed by atoms with E-state index >= 15 is 4.79 Å². The number of methoxy groups -OCH3 is 3. The summed E-state index contributed by atoms with van der Waals surface area (Å²) in [5.74, 6) is -2.66. The first kappa shape index (κ1) is 40.0. The van der Waals surface area contributed by atoms with Crippen LogP contribution in [0.15, 0.2) is 53.3 Å². The second kappa shape index (κ2) is 14.3. The number of aromatic amines is 1. The van der Waals surface area contributed by atoms with Crippen LogP contribution in [0.1, 0.15) is 69.7 Å². The van der Waals surface area contributed by atoms with Gasteiger partial charge >= 0.3 is 17.9 Å². The summed E-state index contributed by atoms with van der Waals surface area (Å²) in [7, 11) is 6.29. The number of aromatic nitrogens is 1. The molecule has 4 unspecified atom stereocenters. The van der Waals surface area contributed by atoms with E-state index in [1.165, 1.54) is 26.7 Å². The smallest absolute Gasteiger partial charge is 0.344 e.